The van der Waals surface area contributed by atoms with Crippen LogP contribution in [-0.2, 0) is 9.53 Å². The summed E-state index contributed by atoms with van der Waals surface area (Å²) < 4.78 is 4.80. The zero-order valence-corrected chi connectivity index (χ0v) is 8.52. The van der Waals surface area contributed by atoms with Crippen molar-refractivity contribution in [2.45, 2.75) is 27.2 Å². The van der Waals surface area contributed by atoms with Crippen molar-refractivity contribution in [1.82, 2.24) is 0 Å². The van der Waals surface area contributed by atoms with Crippen molar-refractivity contribution in [1.29, 1.82) is 0 Å². The molecular formula is C9H15ClO2. The van der Waals surface area contributed by atoms with E-state index >= 15 is 0 Å². The van der Waals surface area contributed by atoms with Crippen LogP contribution in [0.15, 0.2) is 11.1 Å². The van der Waals surface area contributed by atoms with E-state index < -0.39 is 0 Å². The molecule has 2 nitrogen and oxygen atoms in total. The van der Waals surface area contributed by atoms with E-state index in [9.17, 15) is 4.79 Å². The van der Waals surface area contributed by atoms with E-state index in [1.807, 2.05) is 13.8 Å². The van der Waals surface area contributed by atoms with Gasteiger partial charge in [-0.2, -0.15) is 0 Å². The molecule has 0 aliphatic heterocycles. The van der Waals surface area contributed by atoms with Crippen molar-refractivity contribution in [3.63, 3.8) is 0 Å². The Balaban J connectivity index is 4.08. The number of esters is 1. The lowest BCUT2D eigenvalue weighted by atomic mass is 10.1. The first-order valence-corrected chi connectivity index (χ1v) is 4.51. The Hall–Kier alpha value is -0.500. The van der Waals surface area contributed by atoms with Gasteiger partial charge in [-0.05, 0) is 19.3 Å². The summed E-state index contributed by atoms with van der Waals surface area (Å²) >= 11 is 5.48. The van der Waals surface area contributed by atoms with Crippen LogP contribution in [0.2, 0.25) is 0 Å². The molecule has 0 atom stereocenters. The number of hydrogen-bond acceptors (Lipinski definition) is 2. The predicted molar refractivity (Wildman–Crippen MR) is 50.0 cm³/mol. The fourth-order valence-electron chi connectivity index (χ4n) is 0.836. The molecule has 0 aromatic rings. The molecule has 0 rings (SSSR count). The Morgan fingerprint density at radius 2 is 2.17 bits per heavy atom. The summed E-state index contributed by atoms with van der Waals surface area (Å²) in [6.07, 6.45) is 0.669. The Kier molecular flexibility index (Phi) is 5.81. The minimum absolute atomic E-state index is 0.304. The van der Waals surface area contributed by atoms with E-state index in [2.05, 4.69) is 0 Å². The highest BCUT2D eigenvalue weighted by Crippen LogP contribution is 2.13. The molecule has 0 saturated carbocycles. The highest BCUT2D eigenvalue weighted by Gasteiger charge is 2.11. The topological polar surface area (TPSA) is 26.3 Å². The zero-order valence-electron chi connectivity index (χ0n) is 7.76. The lowest BCUT2D eigenvalue weighted by Gasteiger charge is -2.07. The first-order chi connectivity index (χ1) is 5.61. The van der Waals surface area contributed by atoms with Gasteiger partial charge in [-0.25, -0.2) is 4.79 Å². The van der Waals surface area contributed by atoms with Crippen LogP contribution < -0.4 is 0 Å². The van der Waals surface area contributed by atoms with Gasteiger partial charge in [0, 0.05) is 11.1 Å². The summed E-state index contributed by atoms with van der Waals surface area (Å²) in [6.45, 7) is 6.23. The molecule has 0 radical (unpaired) electrons. The molecule has 0 amide bonds. The van der Waals surface area contributed by atoms with Crippen molar-refractivity contribution >= 4 is 17.6 Å². The molecule has 0 aliphatic carbocycles. The van der Waals surface area contributed by atoms with Crippen molar-refractivity contribution < 1.29 is 9.53 Å². The molecule has 0 heterocycles. The minimum Gasteiger partial charge on any atom is -0.463 e. The quantitative estimate of drug-likeness (QED) is 0.503. The van der Waals surface area contributed by atoms with Gasteiger partial charge in [0.05, 0.1) is 6.61 Å². The van der Waals surface area contributed by atoms with Crippen LogP contribution in [0.3, 0.4) is 0 Å². The third-order valence-corrected chi connectivity index (χ3v) is 1.56. The van der Waals surface area contributed by atoms with Gasteiger partial charge in [0.1, 0.15) is 0 Å². The third-order valence-electron chi connectivity index (χ3n) is 1.30. The van der Waals surface area contributed by atoms with Crippen LogP contribution in [-0.4, -0.2) is 12.6 Å². The van der Waals surface area contributed by atoms with E-state index in [1.54, 1.807) is 6.92 Å². The second kappa shape index (κ2) is 6.06. The lowest BCUT2D eigenvalue weighted by molar-refractivity contribution is -0.138. The number of ether oxygens (including phenoxy) is 1. The highest BCUT2D eigenvalue weighted by molar-refractivity contribution is 6.27. The Bertz CT molecular complexity index is 173. The molecule has 0 N–H and O–H groups in total. The van der Waals surface area contributed by atoms with Crippen molar-refractivity contribution in [2.75, 3.05) is 6.61 Å². The van der Waals surface area contributed by atoms with Gasteiger partial charge in [0.2, 0.25) is 0 Å². The van der Waals surface area contributed by atoms with E-state index in [1.165, 1.54) is 5.54 Å². The molecule has 0 aliphatic rings. The van der Waals surface area contributed by atoms with Gasteiger partial charge in [-0.3, -0.25) is 0 Å². The maximum Gasteiger partial charge on any atom is 0.334 e. The van der Waals surface area contributed by atoms with Gasteiger partial charge in [-0.1, -0.05) is 25.4 Å². The van der Waals surface area contributed by atoms with Crippen molar-refractivity contribution in [2.24, 2.45) is 5.92 Å². The summed E-state index contributed by atoms with van der Waals surface area (Å²) in [6, 6.07) is 0. The van der Waals surface area contributed by atoms with E-state index in [4.69, 9.17) is 16.3 Å². The van der Waals surface area contributed by atoms with Crippen LogP contribution in [0.5, 0.6) is 0 Å². The molecule has 70 valence electrons. The molecule has 0 fully saturated rings. The largest absolute Gasteiger partial charge is 0.463 e. The smallest absolute Gasteiger partial charge is 0.334 e. The second-order valence-electron chi connectivity index (χ2n) is 2.95. The zero-order chi connectivity index (χ0) is 9.56. The normalized spacial score (nSPS) is 11.9. The predicted octanol–water partition coefficient (Wildman–Crippen LogP) is 2.72. The maximum atomic E-state index is 11.1. The first kappa shape index (κ1) is 11.5. The van der Waals surface area contributed by atoms with Crippen LogP contribution in [0.25, 0.3) is 0 Å². The average Bonchev–Trinajstić information content (AvgIpc) is 2.00. The second-order valence-corrected chi connectivity index (χ2v) is 3.17. The lowest BCUT2D eigenvalue weighted by Crippen LogP contribution is -2.09. The van der Waals surface area contributed by atoms with E-state index in [-0.39, 0.29) is 5.97 Å². The van der Waals surface area contributed by atoms with Gasteiger partial charge in [0.25, 0.3) is 0 Å². The van der Waals surface area contributed by atoms with Gasteiger partial charge < -0.3 is 4.74 Å². The van der Waals surface area contributed by atoms with Crippen molar-refractivity contribution in [3.8, 4) is 0 Å². The summed E-state index contributed by atoms with van der Waals surface area (Å²) in [5.74, 6) is 0.112. The summed E-state index contributed by atoms with van der Waals surface area (Å²) in [5.41, 5.74) is 1.85. The number of carbonyl (C=O) groups is 1. The number of carbonyl (C=O) groups excluding carboxylic acids is 1. The van der Waals surface area contributed by atoms with Crippen LogP contribution in [0.4, 0.5) is 0 Å². The number of hydrogen-bond donors (Lipinski definition) is 0. The molecule has 0 spiro atoms. The Morgan fingerprint density at radius 1 is 1.58 bits per heavy atom. The van der Waals surface area contributed by atoms with Crippen LogP contribution >= 0.6 is 11.6 Å². The number of halogens is 1. The molecule has 0 saturated heterocycles. The molecule has 3 heteroatoms. The first-order valence-electron chi connectivity index (χ1n) is 4.08. The SMILES string of the molecule is CCOC(=O)C(=CCl)CC(C)C. The number of rotatable bonds is 4. The standard InChI is InChI=1S/C9H15ClO2/c1-4-12-9(11)8(6-10)5-7(2)3/h6-7H,4-5H2,1-3H3. The fraction of sp³-hybridized carbons (Fsp3) is 0.667. The molecule has 12 heavy (non-hydrogen) atoms. The van der Waals surface area contributed by atoms with Gasteiger partial charge in [0.15, 0.2) is 0 Å². The van der Waals surface area contributed by atoms with Gasteiger partial charge >= 0.3 is 5.97 Å². The van der Waals surface area contributed by atoms with Crippen LogP contribution in [0, 0.1) is 5.92 Å². The maximum absolute atomic E-state index is 11.1. The Labute approximate surface area is 78.5 Å². The summed E-state index contributed by atoms with van der Waals surface area (Å²) in [7, 11) is 0. The molecule has 0 unspecified atom stereocenters. The Morgan fingerprint density at radius 3 is 2.50 bits per heavy atom. The summed E-state index contributed by atoms with van der Waals surface area (Å²) in [5, 5.41) is 0. The molecular weight excluding hydrogens is 176 g/mol. The van der Waals surface area contributed by atoms with Gasteiger partial charge in [-0.15, -0.1) is 0 Å². The van der Waals surface area contributed by atoms with E-state index in [0.29, 0.717) is 24.5 Å². The third kappa shape index (κ3) is 4.39. The van der Waals surface area contributed by atoms with Crippen LogP contribution in [0.1, 0.15) is 27.2 Å². The highest BCUT2D eigenvalue weighted by atomic mass is 35.5. The summed E-state index contributed by atoms with van der Waals surface area (Å²) in [4.78, 5) is 11.1. The minimum atomic E-state index is -0.304. The molecule has 0 aromatic heterocycles. The average molecular weight is 191 g/mol. The fourth-order valence-corrected chi connectivity index (χ4v) is 1.01. The molecule has 0 aromatic carbocycles. The van der Waals surface area contributed by atoms with E-state index in [0.717, 1.165) is 0 Å². The monoisotopic (exact) mass is 190 g/mol. The molecule has 0 bridgehead atoms. The van der Waals surface area contributed by atoms with Crippen molar-refractivity contribution in [3.05, 3.63) is 11.1 Å².